The third-order valence-corrected chi connectivity index (χ3v) is 4.90. The van der Waals surface area contributed by atoms with Crippen LogP contribution in [0.25, 0.3) is 0 Å². The molecule has 1 aliphatic carbocycles. The molecule has 3 N–H and O–H groups in total. The quantitative estimate of drug-likeness (QED) is 0.581. The molecule has 0 atom stereocenters. The Morgan fingerprint density at radius 1 is 1.21 bits per heavy atom. The van der Waals surface area contributed by atoms with Crippen LogP contribution < -0.4 is 11.1 Å². The zero-order chi connectivity index (χ0) is 14.3. The number of nitrogens with one attached hydrogen (secondary N) is 1. The Hall–Kier alpha value is -0.640. The van der Waals surface area contributed by atoms with Gasteiger partial charge in [0.25, 0.3) is 0 Å². The third kappa shape index (κ3) is 4.75. The molecule has 0 unspecified atom stereocenters. The van der Waals surface area contributed by atoms with Crippen molar-refractivity contribution in [2.75, 3.05) is 0 Å². The minimum absolute atomic E-state index is 0.114. The molecule has 1 aliphatic rings. The van der Waals surface area contributed by atoms with Crippen LogP contribution in [-0.4, -0.2) is 16.4 Å². The van der Waals surface area contributed by atoms with E-state index in [0.717, 1.165) is 12.8 Å². The lowest BCUT2D eigenvalue weighted by atomic mass is 9.91. The first-order valence-corrected chi connectivity index (χ1v) is 8.05. The molecule has 1 amide bonds. The average molecular weight is 284 g/mol. The van der Waals surface area contributed by atoms with Crippen molar-refractivity contribution in [3.05, 3.63) is 0 Å². The van der Waals surface area contributed by atoms with Gasteiger partial charge in [-0.05, 0) is 31.6 Å². The predicted molar refractivity (Wildman–Crippen MR) is 84.1 cm³/mol. The van der Waals surface area contributed by atoms with Crippen LogP contribution in [0.15, 0.2) is 0 Å². The van der Waals surface area contributed by atoms with Crippen LogP contribution in [0.2, 0.25) is 0 Å². The van der Waals surface area contributed by atoms with Crippen molar-refractivity contribution in [3.63, 3.8) is 0 Å². The fourth-order valence-electron chi connectivity index (χ4n) is 2.98. The van der Waals surface area contributed by atoms with E-state index in [4.69, 9.17) is 18.0 Å². The van der Waals surface area contributed by atoms with E-state index in [0.29, 0.717) is 17.3 Å². The van der Waals surface area contributed by atoms with Crippen molar-refractivity contribution in [2.45, 2.75) is 77.2 Å². The second-order valence-electron chi connectivity index (χ2n) is 5.76. The second kappa shape index (κ2) is 7.83. The van der Waals surface area contributed by atoms with E-state index in [9.17, 15) is 4.79 Å². The predicted octanol–water partition coefficient (Wildman–Crippen LogP) is 3.31. The smallest absolute Gasteiger partial charge is 0.221 e. The zero-order valence-corrected chi connectivity index (χ0v) is 13.2. The van der Waals surface area contributed by atoms with E-state index < -0.39 is 5.54 Å². The van der Waals surface area contributed by atoms with Gasteiger partial charge in [0.15, 0.2) is 0 Å². The SMILES string of the molecule is CCC(CC)(NC(=O)CC1CCCCCC1)C(N)=S. The lowest BCUT2D eigenvalue weighted by Crippen LogP contribution is -2.56. The Morgan fingerprint density at radius 2 is 1.74 bits per heavy atom. The minimum atomic E-state index is -0.489. The minimum Gasteiger partial charge on any atom is -0.391 e. The van der Waals surface area contributed by atoms with Crippen LogP contribution in [0, 0.1) is 5.92 Å². The number of amides is 1. The van der Waals surface area contributed by atoms with Crippen LogP contribution >= 0.6 is 12.2 Å². The summed E-state index contributed by atoms with van der Waals surface area (Å²) in [5, 5.41) is 3.09. The highest BCUT2D eigenvalue weighted by molar-refractivity contribution is 7.80. The molecule has 0 bridgehead atoms. The molecule has 0 saturated heterocycles. The Bertz CT molecular complexity index is 305. The molecule has 0 spiro atoms. The molecule has 0 aromatic heterocycles. The first-order valence-electron chi connectivity index (χ1n) is 7.65. The highest BCUT2D eigenvalue weighted by Gasteiger charge is 2.31. The number of thiocarbonyl (C=S) groups is 1. The van der Waals surface area contributed by atoms with Crippen molar-refractivity contribution in [1.29, 1.82) is 0 Å². The van der Waals surface area contributed by atoms with E-state index in [-0.39, 0.29) is 5.91 Å². The summed E-state index contributed by atoms with van der Waals surface area (Å²) >= 11 is 5.13. The largest absolute Gasteiger partial charge is 0.391 e. The maximum atomic E-state index is 12.2. The number of hydrogen-bond acceptors (Lipinski definition) is 2. The highest BCUT2D eigenvalue weighted by Crippen LogP contribution is 2.26. The zero-order valence-electron chi connectivity index (χ0n) is 12.3. The van der Waals surface area contributed by atoms with E-state index in [2.05, 4.69) is 5.32 Å². The molecule has 110 valence electrons. The van der Waals surface area contributed by atoms with Gasteiger partial charge in [-0.3, -0.25) is 4.79 Å². The summed E-state index contributed by atoms with van der Waals surface area (Å²) in [5.41, 5.74) is 5.33. The molecule has 4 heteroatoms. The van der Waals surface area contributed by atoms with Crippen molar-refractivity contribution >= 4 is 23.1 Å². The molecule has 1 rings (SSSR count). The lowest BCUT2D eigenvalue weighted by molar-refractivity contribution is -0.123. The topological polar surface area (TPSA) is 55.1 Å². The molecular formula is C15H28N2OS. The molecule has 0 aromatic carbocycles. The number of carbonyl (C=O) groups excluding carboxylic acids is 1. The molecule has 19 heavy (non-hydrogen) atoms. The summed E-state index contributed by atoms with van der Waals surface area (Å²) in [4.78, 5) is 12.6. The summed E-state index contributed by atoms with van der Waals surface area (Å²) in [6.07, 6.45) is 9.68. The highest BCUT2D eigenvalue weighted by atomic mass is 32.1. The Labute approximate surface area is 122 Å². The molecule has 0 aliphatic heterocycles. The third-order valence-electron chi connectivity index (χ3n) is 4.51. The van der Waals surface area contributed by atoms with Gasteiger partial charge in [0.1, 0.15) is 0 Å². The summed E-state index contributed by atoms with van der Waals surface area (Å²) in [6, 6.07) is 0. The maximum Gasteiger partial charge on any atom is 0.221 e. The standard InChI is InChI=1S/C15H28N2OS/c1-3-15(4-2,14(16)19)17-13(18)11-12-9-7-5-6-8-10-12/h12H,3-11H2,1-2H3,(H2,16,19)(H,17,18). The summed E-state index contributed by atoms with van der Waals surface area (Å²) in [5.74, 6) is 0.656. The van der Waals surface area contributed by atoms with Crippen LogP contribution in [0.5, 0.6) is 0 Å². The molecule has 0 aromatic rings. The van der Waals surface area contributed by atoms with E-state index in [1.165, 1.54) is 38.5 Å². The van der Waals surface area contributed by atoms with Gasteiger partial charge in [-0.25, -0.2) is 0 Å². The molecule has 1 fully saturated rings. The molecular weight excluding hydrogens is 256 g/mol. The normalized spacial score (nSPS) is 17.8. The monoisotopic (exact) mass is 284 g/mol. The van der Waals surface area contributed by atoms with Crippen molar-refractivity contribution in [2.24, 2.45) is 11.7 Å². The first-order chi connectivity index (χ1) is 9.04. The fraction of sp³-hybridized carbons (Fsp3) is 0.867. The Kier molecular flexibility index (Phi) is 6.76. The number of hydrogen-bond donors (Lipinski definition) is 2. The van der Waals surface area contributed by atoms with Crippen molar-refractivity contribution in [3.8, 4) is 0 Å². The summed E-state index contributed by atoms with van der Waals surface area (Å²) < 4.78 is 0. The summed E-state index contributed by atoms with van der Waals surface area (Å²) in [7, 11) is 0. The number of rotatable bonds is 6. The Morgan fingerprint density at radius 3 is 2.16 bits per heavy atom. The van der Waals surface area contributed by atoms with Crippen LogP contribution in [0.3, 0.4) is 0 Å². The second-order valence-corrected chi connectivity index (χ2v) is 6.20. The fourth-order valence-corrected chi connectivity index (χ4v) is 3.32. The van der Waals surface area contributed by atoms with Gasteiger partial charge in [-0.1, -0.05) is 51.7 Å². The van der Waals surface area contributed by atoms with E-state index in [1.54, 1.807) is 0 Å². The molecule has 1 saturated carbocycles. The molecule has 0 heterocycles. The average Bonchev–Trinajstić information content (AvgIpc) is 2.64. The van der Waals surface area contributed by atoms with Gasteiger partial charge >= 0.3 is 0 Å². The van der Waals surface area contributed by atoms with Crippen molar-refractivity contribution in [1.82, 2.24) is 5.32 Å². The van der Waals surface area contributed by atoms with E-state index in [1.807, 2.05) is 13.8 Å². The van der Waals surface area contributed by atoms with E-state index >= 15 is 0 Å². The number of carbonyl (C=O) groups is 1. The van der Waals surface area contributed by atoms with Gasteiger partial charge in [-0.2, -0.15) is 0 Å². The van der Waals surface area contributed by atoms with Crippen LogP contribution in [-0.2, 0) is 4.79 Å². The van der Waals surface area contributed by atoms with Gasteiger partial charge in [-0.15, -0.1) is 0 Å². The molecule has 3 nitrogen and oxygen atoms in total. The lowest BCUT2D eigenvalue weighted by Gasteiger charge is -2.32. The van der Waals surface area contributed by atoms with Crippen LogP contribution in [0.4, 0.5) is 0 Å². The summed E-state index contributed by atoms with van der Waals surface area (Å²) in [6.45, 7) is 4.04. The first kappa shape index (κ1) is 16.4. The van der Waals surface area contributed by atoms with Crippen LogP contribution in [0.1, 0.15) is 71.6 Å². The van der Waals surface area contributed by atoms with Gasteiger partial charge in [0.05, 0.1) is 10.5 Å². The number of nitrogens with two attached hydrogens (primary N) is 1. The molecule has 0 radical (unpaired) electrons. The van der Waals surface area contributed by atoms with Crippen molar-refractivity contribution < 1.29 is 4.79 Å². The van der Waals surface area contributed by atoms with Gasteiger partial charge in [0, 0.05) is 6.42 Å². The van der Waals surface area contributed by atoms with Gasteiger partial charge in [0.2, 0.25) is 5.91 Å². The Balaban J connectivity index is 2.54. The van der Waals surface area contributed by atoms with Gasteiger partial charge < -0.3 is 11.1 Å². The maximum absolute atomic E-state index is 12.2.